The van der Waals surface area contributed by atoms with Gasteiger partial charge in [-0.15, -0.1) is 0 Å². The van der Waals surface area contributed by atoms with Gasteiger partial charge >= 0.3 is 0 Å². The highest BCUT2D eigenvalue weighted by Crippen LogP contribution is 2.36. The molecule has 0 amide bonds. The second kappa shape index (κ2) is 6.02. The molecule has 1 heterocycles. The molecule has 0 bridgehead atoms. The van der Waals surface area contributed by atoms with Crippen LogP contribution >= 0.6 is 22.6 Å². The number of imidazole rings is 1. The van der Waals surface area contributed by atoms with Gasteiger partial charge in [0.1, 0.15) is 5.82 Å². The number of rotatable bonds is 2. The van der Waals surface area contributed by atoms with Crippen LogP contribution in [0.1, 0.15) is 0 Å². The number of hydrogen-bond donors (Lipinski definition) is 1. The van der Waals surface area contributed by atoms with E-state index in [0.29, 0.717) is 5.82 Å². The van der Waals surface area contributed by atoms with Gasteiger partial charge in [-0.2, -0.15) is 0 Å². The molecule has 0 spiro atoms. The van der Waals surface area contributed by atoms with E-state index in [4.69, 9.17) is 4.98 Å². The van der Waals surface area contributed by atoms with Crippen molar-refractivity contribution < 1.29 is 4.92 Å². The minimum absolute atomic E-state index is 0.0561. The number of nitro benzene ring substituents is 1. The molecule has 0 aliphatic heterocycles. The quantitative estimate of drug-likeness (QED) is 0.149. The number of fused-ring (bicyclic) bond motifs is 6. The summed E-state index contributed by atoms with van der Waals surface area (Å²) in [7, 11) is 0. The molecular weight excluding hydrogens is 453 g/mol. The summed E-state index contributed by atoms with van der Waals surface area (Å²) in [5, 5.41) is 15.6. The molecule has 0 aliphatic carbocycles. The average Bonchev–Trinajstić information content (AvgIpc) is 3.14. The first kappa shape index (κ1) is 16.2. The fraction of sp³-hybridized carbons (Fsp3) is 0. The van der Waals surface area contributed by atoms with Gasteiger partial charge < -0.3 is 4.98 Å². The first-order valence-corrected chi connectivity index (χ1v) is 9.45. The second-order valence-corrected chi connectivity index (χ2v) is 7.48. The highest BCUT2D eigenvalue weighted by atomic mass is 127. The third-order valence-corrected chi connectivity index (χ3v) is 5.73. The van der Waals surface area contributed by atoms with Gasteiger partial charge in [-0.25, -0.2) is 4.98 Å². The second-order valence-electron chi connectivity index (χ2n) is 6.32. The van der Waals surface area contributed by atoms with Crippen LogP contribution in [0.15, 0.2) is 66.7 Å². The number of H-pyrrole nitrogens is 1. The van der Waals surface area contributed by atoms with Gasteiger partial charge in [0.2, 0.25) is 0 Å². The zero-order valence-corrected chi connectivity index (χ0v) is 16.1. The number of non-ortho nitro benzene ring substituents is 1. The molecule has 0 atom stereocenters. The van der Waals surface area contributed by atoms with E-state index >= 15 is 0 Å². The SMILES string of the molecule is O=[N+]([O-])c1ccc(I)c(-c2nc3c4ccccc4c4ccccc4c3[nH]2)c1. The number of aromatic amines is 1. The van der Waals surface area contributed by atoms with E-state index in [1.165, 1.54) is 6.07 Å². The van der Waals surface area contributed by atoms with Gasteiger partial charge in [-0.05, 0) is 39.4 Å². The zero-order chi connectivity index (χ0) is 18.5. The van der Waals surface area contributed by atoms with E-state index in [2.05, 4.69) is 51.8 Å². The number of hydrogen-bond acceptors (Lipinski definition) is 3. The summed E-state index contributed by atoms with van der Waals surface area (Å²) in [5.41, 5.74) is 2.61. The maximum Gasteiger partial charge on any atom is 0.270 e. The van der Waals surface area contributed by atoms with Crippen LogP contribution in [0, 0.1) is 13.7 Å². The van der Waals surface area contributed by atoms with Gasteiger partial charge in [0.05, 0.1) is 16.0 Å². The summed E-state index contributed by atoms with van der Waals surface area (Å²) in [6, 6.07) is 21.2. The first-order valence-electron chi connectivity index (χ1n) is 8.37. The average molecular weight is 465 g/mol. The molecule has 1 aromatic heterocycles. The Morgan fingerprint density at radius 1 is 0.889 bits per heavy atom. The number of nitrogens with one attached hydrogen (secondary N) is 1. The lowest BCUT2D eigenvalue weighted by atomic mass is 10.0. The zero-order valence-electron chi connectivity index (χ0n) is 13.9. The summed E-state index contributed by atoms with van der Waals surface area (Å²) in [6.45, 7) is 0. The molecule has 130 valence electrons. The van der Waals surface area contributed by atoms with Crippen molar-refractivity contribution >= 4 is 60.9 Å². The molecule has 0 radical (unpaired) electrons. The van der Waals surface area contributed by atoms with Crippen molar-refractivity contribution in [1.29, 1.82) is 0 Å². The van der Waals surface area contributed by atoms with Crippen molar-refractivity contribution in [1.82, 2.24) is 9.97 Å². The van der Waals surface area contributed by atoms with E-state index in [0.717, 1.165) is 41.7 Å². The lowest BCUT2D eigenvalue weighted by molar-refractivity contribution is -0.384. The molecular formula is C21H12IN3O2. The summed E-state index contributed by atoms with van der Waals surface area (Å²) in [4.78, 5) is 19.1. The molecule has 5 nitrogen and oxygen atoms in total. The van der Waals surface area contributed by atoms with Gasteiger partial charge in [0.25, 0.3) is 5.69 Å². The van der Waals surface area contributed by atoms with Crippen LogP contribution in [0.5, 0.6) is 0 Å². The van der Waals surface area contributed by atoms with E-state index in [-0.39, 0.29) is 10.6 Å². The van der Waals surface area contributed by atoms with Gasteiger partial charge in [-0.3, -0.25) is 10.1 Å². The van der Waals surface area contributed by atoms with Crippen molar-refractivity contribution in [3.05, 3.63) is 80.4 Å². The van der Waals surface area contributed by atoms with Gasteiger partial charge in [0.15, 0.2) is 0 Å². The van der Waals surface area contributed by atoms with Crippen LogP contribution in [-0.2, 0) is 0 Å². The third-order valence-electron chi connectivity index (χ3n) is 4.79. The Hall–Kier alpha value is -3.00. The van der Waals surface area contributed by atoms with Gasteiger partial charge in [-0.1, -0.05) is 48.5 Å². The molecule has 1 N–H and O–H groups in total. The third kappa shape index (κ3) is 2.48. The van der Waals surface area contributed by atoms with Crippen LogP contribution in [0.4, 0.5) is 5.69 Å². The number of halogens is 1. The van der Waals surface area contributed by atoms with Crippen LogP contribution in [0.3, 0.4) is 0 Å². The van der Waals surface area contributed by atoms with E-state index in [1.807, 2.05) is 24.3 Å². The monoisotopic (exact) mass is 465 g/mol. The van der Waals surface area contributed by atoms with Crippen LogP contribution in [-0.4, -0.2) is 14.9 Å². The molecule has 4 aromatic carbocycles. The first-order chi connectivity index (χ1) is 13.1. The topological polar surface area (TPSA) is 71.8 Å². The number of benzene rings is 4. The Bertz CT molecular complexity index is 1300. The molecule has 0 fully saturated rings. The van der Waals surface area contributed by atoms with E-state index in [9.17, 15) is 10.1 Å². The lowest BCUT2D eigenvalue weighted by Gasteiger charge is -2.05. The molecule has 5 aromatic rings. The van der Waals surface area contributed by atoms with Crippen LogP contribution in [0.2, 0.25) is 0 Å². The largest absolute Gasteiger partial charge is 0.337 e. The fourth-order valence-corrected chi connectivity index (χ4v) is 4.15. The van der Waals surface area contributed by atoms with E-state index < -0.39 is 0 Å². The van der Waals surface area contributed by atoms with Gasteiger partial charge in [0, 0.05) is 32.0 Å². The van der Waals surface area contributed by atoms with Crippen LogP contribution in [0.25, 0.3) is 44.0 Å². The molecule has 0 saturated heterocycles. The molecule has 0 aliphatic rings. The van der Waals surface area contributed by atoms with Crippen LogP contribution < -0.4 is 0 Å². The molecule has 6 heteroatoms. The predicted octanol–water partition coefficient (Wildman–Crippen LogP) is 6.05. The normalized spacial score (nSPS) is 11.4. The maximum absolute atomic E-state index is 11.2. The standard InChI is InChI=1S/C21H12IN3O2/c22-18-10-9-12(25(26)27)11-17(18)21-23-19-15-7-3-1-5-13(15)14-6-2-4-8-16(14)20(19)24-21/h1-11H,(H,23,24). The lowest BCUT2D eigenvalue weighted by Crippen LogP contribution is -1.91. The highest BCUT2D eigenvalue weighted by Gasteiger charge is 2.17. The molecule has 0 unspecified atom stereocenters. The summed E-state index contributed by atoms with van der Waals surface area (Å²) in [5.74, 6) is 0.639. The van der Waals surface area contributed by atoms with Crippen molar-refractivity contribution in [2.45, 2.75) is 0 Å². The fourth-order valence-electron chi connectivity index (χ4n) is 3.56. The van der Waals surface area contributed by atoms with E-state index in [1.54, 1.807) is 12.1 Å². The Morgan fingerprint density at radius 3 is 2.22 bits per heavy atom. The number of nitro groups is 1. The summed E-state index contributed by atoms with van der Waals surface area (Å²) in [6.07, 6.45) is 0. The number of aromatic nitrogens is 2. The molecule has 5 rings (SSSR count). The molecule has 0 saturated carbocycles. The Balaban J connectivity index is 1.90. The Labute approximate surface area is 167 Å². The van der Waals surface area contributed by atoms with Crippen molar-refractivity contribution in [3.8, 4) is 11.4 Å². The predicted molar refractivity (Wildman–Crippen MR) is 116 cm³/mol. The van der Waals surface area contributed by atoms with Crippen molar-refractivity contribution in [2.24, 2.45) is 0 Å². The summed E-state index contributed by atoms with van der Waals surface area (Å²) < 4.78 is 0.908. The highest BCUT2D eigenvalue weighted by molar-refractivity contribution is 14.1. The smallest absolute Gasteiger partial charge is 0.270 e. The minimum Gasteiger partial charge on any atom is -0.337 e. The van der Waals surface area contributed by atoms with Crippen molar-refractivity contribution in [3.63, 3.8) is 0 Å². The Kier molecular flexibility index (Phi) is 3.61. The van der Waals surface area contributed by atoms with Crippen molar-refractivity contribution in [2.75, 3.05) is 0 Å². The summed E-state index contributed by atoms with van der Waals surface area (Å²) >= 11 is 2.18. The Morgan fingerprint density at radius 2 is 1.52 bits per heavy atom. The maximum atomic E-state index is 11.2. The molecule has 27 heavy (non-hydrogen) atoms. The minimum atomic E-state index is -0.382. The number of nitrogens with zero attached hydrogens (tertiary/aromatic N) is 2.